The summed E-state index contributed by atoms with van der Waals surface area (Å²) in [6, 6.07) is 12.1. The van der Waals surface area contributed by atoms with Crippen LogP contribution in [0.15, 0.2) is 41.8 Å². The fourth-order valence-corrected chi connectivity index (χ4v) is 4.93. The van der Waals surface area contributed by atoms with Crippen LogP contribution in [0.5, 0.6) is 5.75 Å². The van der Waals surface area contributed by atoms with E-state index in [9.17, 15) is 4.79 Å². The lowest BCUT2D eigenvalue weighted by Gasteiger charge is -2.39. The van der Waals surface area contributed by atoms with Gasteiger partial charge in [0.1, 0.15) is 12.4 Å². The van der Waals surface area contributed by atoms with Gasteiger partial charge in [0.25, 0.3) is 0 Å². The first-order chi connectivity index (χ1) is 13.7. The normalized spacial score (nSPS) is 19.2. The van der Waals surface area contributed by atoms with E-state index in [1.807, 2.05) is 46.6 Å². The van der Waals surface area contributed by atoms with Gasteiger partial charge in [0.15, 0.2) is 0 Å². The number of nitrogens with zero attached hydrogens (tertiary/aromatic N) is 3. The van der Waals surface area contributed by atoms with Gasteiger partial charge in [0.05, 0.1) is 6.04 Å². The predicted molar refractivity (Wildman–Crippen MR) is 113 cm³/mol. The van der Waals surface area contributed by atoms with E-state index < -0.39 is 0 Å². The van der Waals surface area contributed by atoms with Gasteiger partial charge < -0.3 is 9.64 Å². The molecule has 1 aromatic heterocycles. The summed E-state index contributed by atoms with van der Waals surface area (Å²) < 4.78 is 5.81. The number of para-hydroxylation sites is 1. The summed E-state index contributed by atoms with van der Waals surface area (Å²) in [4.78, 5) is 21.2. The lowest BCUT2D eigenvalue weighted by atomic mass is 10.1. The first-order valence-corrected chi connectivity index (χ1v) is 11.1. The number of hydrogen-bond acceptors (Lipinski definition) is 5. The summed E-state index contributed by atoms with van der Waals surface area (Å²) in [5.41, 5.74) is 1.33. The van der Waals surface area contributed by atoms with Crippen LogP contribution in [0.1, 0.15) is 17.4 Å². The van der Waals surface area contributed by atoms with Crippen molar-refractivity contribution in [2.75, 3.05) is 45.9 Å². The van der Waals surface area contributed by atoms with Crippen LogP contribution in [0.2, 0.25) is 0 Å². The molecule has 1 amide bonds. The number of piperazine rings is 1. The Balaban J connectivity index is 1.20. The number of fused-ring (bicyclic) bond motifs is 1. The van der Waals surface area contributed by atoms with Gasteiger partial charge in [-0.1, -0.05) is 18.2 Å². The summed E-state index contributed by atoms with van der Waals surface area (Å²) in [5, 5.41) is 2.14. The highest BCUT2D eigenvalue weighted by Crippen LogP contribution is 2.25. The molecule has 1 aromatic carbocycles. The average Bonchev–Trinajstić information content (AvgIpc) is 3.22. The first-order valence-electron chi connectivity index (χ1n) is 10.2. The van der Waals surface area contributed by atoms with E-state index in [2.05, 4.69) is 28.2 Å². The molecule has 150 valence electrons. The molecule has 0 spiro atoms. The zero-order valence-electron chi connectivity index (χ0n) is 16.5. The average molecular weight is 400 g/mol. The second kappa shape index (κ2) is 9.07. The molecule has 28 heavy (non-hydrogen) atoms. The summed E-state index contributed by atoms with van der Waals surface area (Å²) in [5.74, 6) is 1.20. The van der Waals surface area contributed by atoms with Gasteiger partial charge in [-0.2, -0.15) is 0 Å². The third kappa shape index (κ3) is 4.57. The van der Waals surface area contributed by atoms with Crippen molar-refractivity contribution in [3.05, 3.63) is 52.2 Å². The lowest BCUT2D eigenvalue weighted by Crippen LogP contribution is -2.55. The second-order valence-corrected chi connectivity index (χ2v) is 8.59. The van der Waals surface area contributed by atoms with Crippen molar-refractivity contribution >= 4 is 17.2 Å². The Labute approximate surface area is 171 Å². The Bertz CT molecular complexity index is 771. The van der Waals surface area contributed by atoms with Crippen LogP contribution in [-0.4, -0.2) is 72.5 Å². The highest BCUT2D eigenvalue weighted by Gasteiger charge is 2.30. The maximum Gasteiger partial charge on any atom is 0.239 e. The molecule has 2 aliphatic heterocycles. The minimum atomic E-state index is -0.0390. The topological polar surface area (TPSA) is 36.0 Å². The number of benzene rings is 1. The molecule has 1 saturated heterocycles. The molecule has 3 heterocycles. The van der Waals surface area contributed by atoms with Crippen molar-refractivity contribution in [3.63, 3.8) is 0 Å². The number of amides is 1. The van der Waals surface area contributed by atoms with E-state index in [1.54, 1.807) is 0 Å². The molecule has 1 unspecified atom stereocenters. The van der Waals surface area contributed by atoms with Gasteiger partial charge in [-0.05, 0) is 42.5 Å². The molecule has 6 heteroatoms. The number of carbonyl (C=O) groups is 1. The Morgan fingerprint density at radius 1 is 1.11 bits per heavy atom. The summed E-state index contributed by atoms with van der Waals surface area (Å²) >= 11 is 1.82. The Morgan fingerprint density at radius 2 is 1.89 bits per heavy atom. The minimum Gasteiger partial charge on any atom is -0.492 e. The van der Waals surface area contributed by atoms with Crippen molar-refractivity contribution < 1.29 is 9.53 Å². The molecular formula is C22H29N3O2S. The zero-order chi connectivity index (χ0) is 19.3. The molecule has 4 rings (SSSR count). The zero-order valence-corrected chi connectivity index (χ0v) is 17.4. The fourth-order valence-electron chi connectivity index (χ4n) is 4.04. The van der Waals surface area contributed by atoms with Crippen molar-refractivity contribution in [3.8, 4) is 5.75 Å². The molecule has 1 atom stereocenters. The van der Waals surface area contributed by atoms with Gasteiger partial charge in [-0.25, -0.2) is 0 Å². The van der Waals surface area contributed by atoms with Crippen molar-refractivity contribution in [1.29, 1.82) is 0 Å². The second-order valence-electron chi connectivity index (χ2n) is 7.59. The van der Waals surface area contributed by atoms with Crippen LogP contribution >= 0.6 is 11.3 Å². The van der Waals surface area contributed by atoms with Crippen molar-refractivity contribution in [2.45, 2.75) is 25.9 Å². The molecule has 0 N–H and O–H groups in total. The van der Waals surface area contributed by atoms with Crippen LogP contribution < -0.4 is 4.74 Å². The molecule has 0 aliphatic carbocycles. The monoisotopic (exact) mass is 399 g/mol. The Kier molecular flexibility index (Phi) is 6.29. The van der Waals surface area contributed by atoms with Crippen LogP contribution in [0.4, 0.5) is 0 Å². The quantitative estimate of drug-likeness (QED) is 0.748. The van der Waals surface area contributed by atoms with E-state index in [1.165, 1.54) is 10.4 Å². The van der Waals surface area contributed by atoms with Gasteiger partial charge in [-0.15, -0.1) is 11.3 Å². The van der Waals surface area contributed by atoms with Crippen molar-refractivity contribution in [1.82, 2.24) is 14.7 Å². The van der Waals surface area contributed by atoms with E-state index in [0.717, 1.165) is 58.0 Å². The largest absolute Gasteiger partial charge is 0.492 e. The van der Waals surface area contributed by atoms with E-state index in [-0.39, 0.29) is 11.9 Å². The van der Waals surface area contributed by atoms with Crippen molar-refractivity contribution in [2.24, 2.45) is 0 Å². The van der Waals surface area contributed by atoms with E-state index in [4.69, 9.17) is 4.74 Å². The smallest absolute Gasteiger partial charge is 0.239 e. The molecule has 5 nitrogen and oxygen atoms in total. The summed E-state index contributed by atoms with van der Waals surface area (Å²) in [6.45, 7) is 9.19. The van der Waals surface area contributed by atoms with Crippen LogP contribution in [0.3, 0.4) is 0 Å². The standard InChI is InChI=1S/C22H29N3O2S/c1-18(22(26)25-9-7-21-19(17-25)8-16-28-21)24-12-10-23(11-13-24)14-15-27-20-5-3-2-4-6-20/h2-6,8,16,18H,7,9-15,17H2,1H3. The number of carbonyl (C=O) groups excluding carboxylic acids is 1. The maximum atomic E-state index is 13.0. The number of thiophene rings is 1. The van der Waals surface area contributed by atoms with Gasteiger partial charge in [-0.3, -0.25) is 14.6 Å². The Hall–Kier alpha value is -1.89. The van der Waals surface area contributed by atoms with Crippen LogP contribution in [0, 0.1) is 0 Å². The van der Waals surface area contributed by atoms with E-state index >= 15 is 0 Å². The molecular weight excluding hydrogens is 370 g/mol. The fraction of sp³-hybridized carbons (Fsp3) is 0.500. The van der Waals surface area contributed by atoms with Crippen LogP contribution in [0.25, 0.3) is 0 Å². The minimum absolute atomic E-state index is 0.0390. The highest BCUT2D eigenvalue weighted by atomic mass is 32.1. The molecule has 0 saturated carbocycles. The summed E-state index contributed by atoms with van der Waals surface area (Å²) in [7, 11) is 0. The number of hydrogen-bond donors (Lipinski definition) is 0. The maximum absolute atomic E-state index is 13.0. The molecule has 0 bridgehead atoms. The lowest BCUT2D eigenvalue weighted by molar-refractivity contribution is -0.138. The van der Waals surface area contributed by atoms with Gasteiger partial charge in [0.2, 0.25) is 5.91 Å². The Morgan fingerprint density at radius 3 is 2.68 bits per heavy atom. The highest BCUT2D eigenvalue weighted by molar-refractivity contribution is 7.10. The van der Waals surface area contributed by atoms with Crippen LogP contribution in [-0.2, 0) is 17.8 Å². The molecule has 2 aromatic rings. The summed E-state index contributed by atoms with van der Waals surface area (Å²) in [6.07, 6.45) is 1.00. The van der Waals surface area contributed by atoms with Gasteiger partial charge in [0, 0.05) is 50.7 Å². The van der Waals surface area contributed by atoms with Gasteiger partial charge >= 0.3 is 0 Å². The molecule has 1 fully saturated rings. The number of rotatable bonds is 6. The SMILES string of the molecule is CC(C(=O)N1CCc2sccc2C1)N1CCN(CCOc2ccccc2)CC1. The molecule has 0 radical (unpaired) electrons. The molecule has 2 aliphatic rings. The third-order valence-electron chi connectivity index (χ3n) is 5.85. The van der Waals surface area contributed by atoms with E-state index in [0.29, 0.717) is 6.61 Å². The predicted octanol–water partition coefficient (Wildman–Crippen LogP) is 2.72. The number of ether oxygens (including phenoxy) is 1. The first kappa shape index (κ1) is 19.4. The third-order valence-corrected chi connectivity index (χ3v) is 6.87.